The highest BCUT2D eigenvalue weighted by Gasteiger charge is 2.19. The zero-order valence-electron chi connectivity index (χ0n) is 9.24. The van der Waals surface area contributed by atoms with Crippen LogP contribution in [0.2, 0.25) is 0 Å². The minimum absolute atomic E-state index is 0.333. The van der Waals surface area contributed by atoms with Crippen molar-refractivity contribution in [3.05, 3.63) is 23.8 Å². The van der Waals surface area contributed by atoms with Gasteiger partial charge in [0.15, 0.2) is 11.5 Å². The summed E-state index contributed by atoms with van der Waals surface area (Å²) >= 11 is 0. The minimum Gasteiger partial charge on any atom is -0.493 e. The van der Waals surface area contributed by atoms with Crippen LogP contribution in [0.25, 0.3) is 0 Å². The minimum atomic E-state index is -2.59. The molecule has 0 aliphatic heterocycles. The van der Waals surface area contributed by atoms with Gasteiger partial charge in [0.05, 0.1) is 19.8 Å². The molecule has 5 heteroatoms. The van der Waals surface area contributed by atoms with Gasteiger partial charge in [0.25, 0.3) is 6.43 Å². The van der Waals surface area contributed by atoms with Gasteiger partial charge < -0.3 is 15.2 Å². The van der Waals surface area contributed by atoms with Gasteiger partial charge in [0.2, 0.25) is 0 Å². The molecule has 0 amide bonds. The third kappa shape index (κ3) is 2.82. The number of alkyl halides is 2. The van der Waals surface area contributed by atoms with Gasteiger partial charge in [-0.3, -0.25) is 0 Å². The molecular weight excluding hydrogens is 216 g/mol. The fourth-order valence-corrected chi connectivity index (χ4v) is 1.31. The van der Waals surface area contributed by atoms with Crippen molar-refractivity contribution in [2.24, 2.45) is 5.73 Å². The maximum absolute atomic E-state index is 12.4. The topological polar surface area (TPSA) is 44.5 Å². The van der Waals surface area contributed by atoms with Gasteiger partial charge in [-0.2, -0.15) is 0 Å². The first kappa shape index (κ1) is 12.7. The van der Waals surface area contributed by atoms with Crippen molar-refractivity contribution in [1.29, 1.82) is 0 Å². The first-order chi connectivity index (χ1) is 7.60. The van der Waals surface area contributed by atoms with E-state index in [1.807, 2.05) is 0 Å². The SMILES string of the molecule is CCOc1cc([C@H](N)C(F)F)ccc1OC. The number of hydrogen-bond acceptors (Lipinski definition) is 3. The van der Waals surface area contributed by atoms with Crippen LogP contribution < -0.4 is 15.2 Å². The average Bonchev–Trinajstić information content (AvgIpc) is 2.28. The summed E-state index contributed by atoms with van der Waals surface area (Å²) in [5.41, 5.74) is 5.68. The summed E-state index contributed by atoms with van der Waals surface area (Å²) in [6, 6.07) is 3.27. The molecule has 16 heavy (non-hydrogen) atoms. The largest absolute Gasteiger partial charge is 0.493 e. The van der Waals surface area contributed by atoms with E-state index in [4.69, 9.17) is 15.2 Å². The van der Waals surface area contributed by atoms with Gasteiger partial charge in [-0.1, -0.05) is 6.07 Å². The van der Waals surface area contributed by atoms with Crippen LogP contribution >= 0.6 is 0 Å². The Balaban J connectivity index is 3.01. The maximum atomic E-state index is 12.4. The van der Waals surface area contributed by atoms with Gasteiger partial charge in [-0.25, -0.2) is 8.78 Å². The van der Waals surface area contributed by atoms with Gasteiger partial charge in [0, 0.05) is 0 Å². The second-order valence-electron chi connectivity index (χ2n) is 3.20. The highest BCUT2D eigenvalue weighted by atomic mass is 19.3. The molecule has 0 fully saturated rings. The Morgan fingerprint density at radius 2 is 2.00 bits per heavy atom. The fourth-order valence-electron chi connectivity index (χ4n) is 1.31. The normalized spacial score (nSPS) is 12.6. The van der Waals surface area contributed by atoms with Gasteiger partial charge in [-0.05, 0) is 24.6 Å². The number of rotatable bonds is 5. The lowest BCUT2D eigenvalue weighted by Gasteiger charge is -2.14. The molecule has 1 atom stereocenters. The Morgan fingerprint density at radius 1 is 1.31 bits per heavy atom. The average molecular weight is 231 g/mol. The third-order valence-electron chi connectivity index (χ3n) is 2.14. The highest BCUT2D eigenvalue weighted by Crippen LogP contribution is 2.31. The first-order valence-corrected chi connectivity index (χ1v) is 4.94. The summed E-state index contributed by atoms with van der Waals surface area (Å²) in [5, 5.41) is 0. The van der Waals surface area contributed by atoms with E-state index in [0.29, 0.717) is 23.7 Å². The Bertz CT molecular complexity index is 345. The summed E-state index contributed by atoms with van der Waals surface area (Å²) in [6.45, 7) is 2.24. The molecule has 1 aromatic carbocycles. The van der Waals surface area contributed by atoms with Crippen molar-refractivity contribution in [3.8, 4) is 11.5 Å². The quantitative estimate of drug-likeness (QED) is 0.846. The third-order valence-corrected chi connectivity index (χ3v) is 2.14. The molecule has 90 valence electrons. The molecule has 0 spiro atoms. The monoisotopic (exact) mass is 231 g/mol. The molecule has 1 aromatic rings. The fraction of sp³-hybridized carbons (Fsp3) is 0.455. The summed E-state index contributed by atoms with van der Waals surface area (Å²) in [4.78, 5) is 0. The van der Waals surface area contributed by atoms with Crippen LogP contribution in [-0.2, 0) is 0 Å². The first-order valence-electron chi connectivity index (χ1n) is 4.94. The molecular formula is C11H15F2NO2. The van der Waals surface area contributed by atoms with Crippen molar-refractivity contribution < 1.29 is 18.3 Å². The van der Waals surface area contributed by atoms with Crippen LogP contribution in [-0.4, -0.2) is 20.1 Å². The molecule has 0 saturated heterocycles. The van der Waals surface area contributed by atoms with Gasteiger partial charge >= 0.3 is 0 Å². The predicted molar refractivity (Wildman–Crippen MR) is 57.1 cm³/mol. The number of methoxy groups -OCH3 is 1. The molecule has 0 heterocycles. The smallest absolute Gasteiger partial charge is 0.257 e. The molecule has 0 aliphatic rings. The zero-order chi connectivity index (χ0) is 12.1. The second kappa shape index (κ2) is 5.65. The van der Waals surface area contributed by atoms with Crippen LogP contribution in [0, 0.1) is 0 Å². The van der Waals surface area contributed by atoms with Crippen molar-refractivity contribution in [2.45, 2.75) is 19.4 Å². The van der Waals surface area contributed by atoms with Crippen LogP contribution in [0.3, 0.4) is 0 Å². The Kier molecular flexibility index (Phi) is 4.49. The van der Waals surface area contributed by atoms with E-state index >= 15 is 0 Å². The van der Waals surface area contributed by atoms with Crippen LogP contribution in [0.5, 0.6) is 11.5 Å². The maximum Gasteiger partial charge on any atom is 0.257 e. The van der Waals surface area contributed by atoms with E-state index in [1.54, 1.807) is 13.0 Å². The molecule has 0 saturated carbocycles. The lowest BCUT2D eigenvalue weighted by molar-refractivity contribution is 0.116. The molecule has 2 N–H and O–H groups in total. The molecule has 0 radical (unpaired) electrons. The predicted octanol–water partition coefficient (Wildman–Crippen LogP) is 2.36. The summed E-state index contributed by atoms with van der Waals surface area (Å²) in [6.07, 6.45) is -2.59. The Morgan fingerprint density at radius 3 is 2.50 bits per heavy atom. The Labute approximate surface area is 93.2 Å². The van der Waals surface area contributed by atoms with Crippen LogP contribution in [0.15, 0.2) is 18.2 Å². The summed E-state index contributed by atoms with van der Waals surface area (Å²) < 4.78 is 35.1. The highest BCUT2D eigenvalue weighted by molar-refractivity contribution is 5.43. The standard InChI is InChI=1S/C11H15F2NO2/c1-3-16-9-6-7(10(14)11(12)13)4-5-8(9)15-2/h4-6,10-11H,3,14H2,1-2H3/t10-/m0/s1. The van der Waals surface area contributed by atoms with E-state index in [1.165, 1.54) is 19.2 Å². The lowest BCUT2D eigenvalue weighted by atomic mass is 10.1. The van der Waals surface area contributed by atoms with E-state index in [2.05, 4.69) is 0 Å². The van der Waals surface area contributed by atoms with Gasteiger partial charge in [-0.15, -0.1) is 0 Å². The molecule has 1 rings (SSSR count). The number of benzene rings is 1. The molecule has 0 unspecified atom stereocenters. The Hall–Kier alpha value is -1.36. The van der Waals surface area contributed by atoms with E-state index in [-0.39, 0.29) is 0 Å². The molecule has 3 nitrogen and oxygen atoms in total. The van der Waals surface area contributed by atoms with Crippen LogP contribution in [0.4, 0.5) is 8.78 Å². The van der Waals surface area contributed by atoms with Crippen molar-refractivity contribution >= 4 is 0 Å². The lowest BCUT2D eigenvalue weighted by Crippen LogP contribution is -2.18. The number of hydrogen-bond donors (Lipinski definition) is 1. The molecule has 0 bridgehead atoms. The van der Waals surface area contributed by atoms with Crippen molar-refractivity contribution in [1.82, 2.24) is 0 Å². The van der Waals surface area contributed by atoms with E-state index < -0.39 is 12.5 Å². The molecule has 0 aromatic heterocycles. The van der Waals surface area contributed by atoms with E-state index in [9.17, 15) is 8.78 Å². The van der Waals surface area contributed by atoms with Crippen LogP contribution in [0.1, 0.15) is 18.5 Å². The molecule has 0 aliphatic carbocycles. The zero-order valence-corrected chi connectivity index (χ0v) is 9.24. The number of nitrogens with two attached hydrogens (primary N) is 1. The van der Waals surface area contributed by atoms with Crippen molar-refractivity contribution in [3.63, 3.8) is 0 Å². The summed E-state index contributed by atoms with van der Waals surface area (Å²) in [7, 11) is 1.49. The second-order valence-corrected chi connectivity index (χ2v) is 3.20. The van der Waals surface area contributed by atoms with Gasteiger partial charge in [0.1, 0.15) is 0 Å². The van der Waals surface area contributed by atoms with Crippen molar-refractivity contribution in [2.75, 3.05) is 13.7 Å². The number of ether oxygens (including phenoxy) is 2. The summed E-state index contributed by atoms with van der Waals surface area (Å²) in [5.74, 6) is 0.936. The van der Waals surface area contributed by atoms with E-state index in [0.717, 1.165) is 0 Å². The number of halogens is 2.